The number of carbonyl (C=O) groups is 1. The third-order valence-electron chi connectivity index (χ3n) is 5.97. The van der Waals surface area contributed by atoms with Gasteiger partial charge in [-0.25, -0.2) is 9.97 Å². The Hall–Kier alpha value is -3.33. The summed E-state index contributed by atoms with van der Waals surface area (Å²) in [6.45, 7) is 7.00. The van der Waals surface area contributed by atoms with Crippen molar-refractivity contribution in [3.8, 4) is 11.4 Å². The molecule has 0 N–H and O–H groups in total. The summed E-state index contributed by atoms with van der Waals surface area (Å²) in [5.41, 5.74) is 1.05. The predicted molar refractivity (Wildman–Crippen MR) is 116 cm³/mol. The monoisotopic (exact) mass is 418 g/mol. The molecule has 0 spiro atoms. The van der Waals surface area contributed by atoms with E-state index in [1.807, 2.05) is 41.3 Å². The minimum Gasteiger partial charge on any atom is -0.338 e. The number of nitrogens with zero attached hydrogens (tertiary/aromatic N) is 8. The van der Waals surface area contributed by atoms with Crippen LogP contribution in [0.5, 0.6) is 0 Å². The molecule has 5 rings (SSSR count). The zero-order chi connectivity index (χ0) is 21.2. The molecule has 0 saturated carbocycles. The van der Waals surface area contributed by atoms with Gasteiger partial charge in [0, 0.05) is 50.7 Å². The standard InChI is InChI=1S/C22H26N8O/c1-17-14-29(15-19-25-26-21(30(17)19)18-6-3-2-4-7-18)20(31)16-27-10-12-28(13-11-27)22-23-8-5-9-24-22/h2-9,17H,10-16H2,1H3/t17-/m0/s1. The summed E-state index contributed by atoms with van der Waals surface area (Å²) in [4.78, 5) is 28.0. The summed E-state index contributed by atoms with van der Waals surface area (Å²) in [5.74, 6) is 2.62. The predicted octanol–water partition coefficient (Wildman–Crippen LogP) is 1.46. The molecule has 160 valence electrons. The Morgan fingerprint density at radius 2 is 1.74 bits per heavy atom. The Balaban J connectivity index is 1.21. The number of rotatable bonds is 4. The Labute approximate surface area is 181 Å². The van der Waals surface area contributed by atoms with Crippen LogP contribution in [0.3, 0.4) is 0 Å². The number of amides is 1. The van der Waals surface area contributed by atoms with Crippen LogP contribution >= 0.6 is 0 Å². The molecule has 2 aliphatic heterocycles. The van der Waals surface area contributed by atoms with Crippen molar-refractivity contribution in [3.05, 3.63) is 54.6 Å². The van der Waals surface area contributed by atoms with Crippen molar-refractivity contribution < 1.29 is 4.79 Å². The van der Waals surface area contributed by atoms with E-state index in [0.717, 1.165) is 49.3 Å². The van der Waals surface area contributed by atoms with Crippen LogP contribution in [-0.2, 0) is 11.3 Å². The van der Waals surface area contributed by atoms with Crippen molar-refractivity contribution >= 4 is 11.9 Å². The highest BCUT2D eigenvalue weighted by Gasteiger charge is 2.30. The molecule has 1 amide bonds. The van der Waals surface area contributed by atoms with Crippen LogP contribution in [-0.4, -0.2) is 79.7 Å². The van der Waals surface area contributed by atoms with Gasteiger partial charge in [0.25, 0.3) is 0 Å². The number of anilines is 1. The molecule has 1 atom stereocenters. The summed E-state index contributed by atoms with van der Waals surface area (Å²) in [6, 6.07) is 12.0. The van der Waals surface area contributed by atoms with Crippen molar-refractivity contribution in [2.45, 2.75) is 19.5 Å². The molecular formula is C22H26N8O. The lowest BCUT2D eigenvalue weighted by Crippen LogP contribution is -2.51. The Morgan fingerprint density at radius 3 is 2.48 bits per heavy atom. The molecule has 0 aliphatic carbocycles. The third kappa shape index (κ3) is 4.00. The zero-order valence-corrected chi connectivity index (χ0v) is 17.6. The van der Waals surface area contributed by atoms with Crippen LogP contribution in [0.2, 0.25) is 0 Å². The summed E-state index contributed by atoms with van der Waals surface area (Å²) in [7, 11) is 0. The van der Waals surface area contributed by atoms with Crippen LogP contribution in [0.4, 0.5) is 5.95 Å². The largest absolute Gasteiger partial charge is 0.338 e. The van der Waals surface area contributed by atoms with E-state index in [9.17, 15) is 4.79 Å². The van der Waals surface area contributed by atoms with E-state index in [-0.39, 0.29) is 11.9 Å². The topological polar surface area (TPSA) is 83.3 Å². The zero-order valence-electron chi connectivity index (χ0n) is 17.6. The van der Waals surface area contributed by atoms with Crippen LogP contribution in [0.25, 0.3) is 11.4 Å². The highest BCUT2D eigenvalue weighted by Crippen LogP contribution is 2.27. The third-order valence-corrected chi connectivity index (χ3v) is 5.97. The lowest BCUT2D eigenvalue weighted by Gasteiger charge is -2.37. The maximum absolute atomic E-state index is 13.0. The number of hydrogen-bond acceptors (Lipinski definition) is 7. The minimum absolute atomic E-state index is 0.130. The highest BCUT2D eigenvalue weighted by molar-refractivity contribution is 5.78. The maximum Gasteiger partial charge on any atom is 0.237 e. The molecule has 2 aliphatic rings. The quantitative estimate of drug-likeness (QED) is 0.634. The Kier molecular flexibility index (Phi) is 5.33. The number of piperazine rings is 1. The van der Waals surface area contributed by atoms with Crippen molar-refractivity contribution in [2.24, 2.45) is 0 Å². The summed E-state index contributed by atoms with van der Waals surface area (Å²) in [5, 5.41) is 8.80. The van der Waals surface area contributed by atoms with Crippen LogP contribution in [0.1, 0.15) is 18.8 Å². The smallest absolute Gasteiger partial charge is 0.237 e. The fourth-order valence-electron chi connectivity index (χ4n) is 4.36. The Morgan fingerprint density at radius 1 is 1.00 bits per heavy atom. The molecule has 0 bridgehead atoms. The van der Waals surface area contributed by atoms with E-state index in [1.54, 1.807) is 12.4 Å². The number of benzene rings is 1. The van der Waals surface area contributed by atoms with Gasteiger partial charge in [-0.3, -0.25) is 9.69 Å². The van der Waals surface area contributed by atoms with Gasteiger partial charge in [-0.1, -0.05) is 30.3 Å². The molecule has 1 fully saturated rings. The van der Waals surface area contributed by atoms with E-state index < -0.39 is 0 Å². The van der Waals surface area contributed by atoms with Gasteiger partial charge in [0.05, 0.1) is 19.1 Å². The molecule has 9 heteroatoms. The average molecular weight is 419 g/mol. The maximum atomic E-state index is 13.0. The summed E-state index contributed by atoms with van der Waals surface area (Å²) < 4.78 is 2.16. The molecular weight excluding hydrogens is 392 g/mol. The first-order chi connectivity index (χ1) is 15.2. The van der Waals surface area contributed by atoms with E-state index in [4.69, 9.17) is 0 Å². The SMILES string of the molecule is C[C@H]1CN(C(=O)CN2CCN(c3ncccn3)CC2)Cc2nnc(-c3ccccc3)n21. The molecule has 0 unspecified atom stereocenters. The van der Waals surface area contributed by atoms with Gasteiger partial charge in [0.1, 0.15) is 0 Å². The lowest BCUT2D eigenvalue weighted by atomic mass is 10.1. The van der Waals surface area contributed by atoms with E-state index in [0.29, 0.717) is 19.6 Å². The molecule has 3 aromatic rings. The second-order valence-electron chi connectivity index (χ2n) is 8.11. The number of carbonyl (C=O) groups excluding carboxylic acids is 1. The molecule has 9 nitrogen and oxygen atoms in total. The number of fused-ring (bicyclic) bond motifs is 1. The van der Waals surface area contributed by atoms with Crippen molar-refractivity contribution in [2.75, 3.05) is 44.2 Å². The Bertz CT molecular complexity index is 1030. The first-order valence-corrected chi connectivity index (χ1v) is 10.7. The second-order valence-corrected chi connectivity index (χ2v) is 8.11. The molecule has 31 heavy (non-hydrogen) atoms. The van der Waals surface area contributed by atoms with Crippen molar-refractivity contribution in [1.82, 2.24) is 34.5 Å². The van der Waals surface area contributed by atoms with Gasteiger partial charge in [0.15, 0.2) is 11.6 Å². The van der Waals surface area contributed by atoms with E-state index >= 15 is 0 Å². The summed E-state index contributed by atoms with van der Waals surface area (Å²) >= 11 is 0. The molecule has 1 saturated heterocycles. The van der Waals surface area contributed by atoms with Crippen LogP contribution < -0.4 is 4.90 Å². The van der Waals surface area contributed by atoms with Gasteiger partial charge >= 0.3 is 0 Å². The lowest BCUT2D eigenvalue weighted by molar-refractivity contribution is -0.134. The van der Waals surface area contributed by atoms with Gasteiger partial charge in [-0.05, 0) is 13.0 Å². The highest BCUT2D eigenvalue weighted by atomic mass is 16.2. The van der Waals surface area contributed by atoms with Gasteiger partial charge in [-0.2, -0.15) is 0 Å². The van der Waals surface area contributed by atoms with Gasteiger partial charge < -0.3 is 14.4 Å². The van der Waals surface area contributed by atoms with Gasteiger partial charge in [0.2, 0.25) is 11.9 Å². The first kappa shape index (κ1) is 19.6. The first-order valence-electron chi connectivity index (χ1n) is 10.7. The number of aromatic nitrogens is 5. The van der Waals surface area contributed by atoms with Crippen molar-refractivity contribution in [3.63, 3.8) is 0 Å². The normalized spacial score (nSPS) is 19.3. The fraction of sp³-hybridized carbons (Fsp3) is 0.409. The van der Waals surface area contributed by atoms with Gasteiger partial charge in [-0.15, -0.1) is 10.2 Å². The van der Waals surface area contributed by atoms with Crippen LogP contribution in [0.15, 0.2) is 48.8 Å². The minimum atomic E-state index is 0.130. The van der Waals surface area contributed by atoms with E-state index in [2.05, 4.69) is 41.5 Å². The fourth-order valence-corrected chi connectivity index (χ4v) is 4.36. The van der Waals surface area contributed by atoms with Crippen LogP contribution in [0, 0.1) is 0 Å². The van der Waals surface area contributed by atoms with E-state index in [1.165, 1.54) is 0 Å². The number of hydrogen-bond donors (Lipinski definition) is 0. The van der Waals surface area contributed by atoms with Crippen molar-refractivity contribution in [1.29, 1.82) is 0 Å². The average Bonchev–Trinajstić information content (AvgIpc) is 3.25. The molecule has 0 radical (unpaired) electrons. The molecule has 2 aromatic heterocycles. The molecule has 4 heterocycles. The molecule has 1 aromatic carbocycles. The second kappa shape index (κ2) is 8.43. The summed E-state index contributed by atoms with van der Waals surface area (Å²) in [6.07, 6.45) is 3.52.